The summed E-state index contributed by atoms with van der Waals surface area (Å²) in [5.41, 5.74) is 2.08. The van der Waals surface area contributed by atoms with E-state index in [0.717, 1.165) is 10.9 Å². The third kappa shape index (κ3) is 4.15. The number of hydrogen-bond acceptors (Lipinski definition) is 7. The molecular weight excluding hydrogens is 382 g/mol. The number of methoxy groups -OCH3 is 2. The lowest BCUT2D eigenvalue weighted by atomic mass is 10.2. The van der Waals surface area contributed by atoms with E-state index in [9.17, 15) is 5.11 Å². The molecule has 3 aromatic carbocycles. The standard InChI is InChI=1S/C23H19N3O4/c1-28-22-13-19-20(14-23(22)29-2)24-12-11-21(19)30-18-9-5-16(6-10-18)26-25-15-3-7-17(27)8-4-15/h3-14,27H,1-2H3. The summed E-state index contributed by atoms with van der Waals surface area (Å²) in [5, 5.41) is 18.5. The molecule has 0 bridgehead atoms. The van der Waals surface area contributed by atoms with E-state index in [-0.39, 0.29) is 5.75 Å². The fourth-order valence-corrected chi connectivity index (χ4v) is 2.88. The van der Waals surface area contributed by atoms with Crippen molar-refractivity contribution in [3.63, 3.8) is 0 Å². The summed E-state index contributed by atoms with van der Waals surface area (Å²) < 4.78 is 16.8. The Hall–Kier alpha value is -4.13. The normalized spacial score (nSPS) is 11.0. The van der Waals surface area contributed by atoms with Gasteiger partial charge >= 0.3 is 0 Å². The number of phenolic OH excluding ortho intramolecular Hbond substituents is 1. The van der Waals surface area contributed by atoms with E-state index in [2.05, 4.69) is 15.2 Å². The summed E-state index contributed by atoms with van der Waals surface area (Å²) in [6, 6.07) is 19.2. The summed E-state index contributed by atoms with van der Waals surface area (Å²) in [7, 11) is 3.18. The summed E-state index contributed by atoms with van der Waals surface area (Å²) >= 11 is 0. The average molecular weight is 401 g/mol. The zero-order valence-corrected chi connectivity index (χ0v) is 16.4. The molecule has 0 fully saturated rings. The number of aromatic hydroxyl groups is 1. The average Bonchev–Trinajstić information content (AvgIpc) is 2.79. The van der Waals surface area contributed by atoms with Crippen LogP contribution >= 0.6 is 0 Å². The number of benzene rings is 3. The maximum atomic E-state index is 9.31. The lowest BCUT2D eigenvalue weighted by Crippen LogP contribution is -1.93. The van der Waals surface area contributed by atoms with Gasteiger partial charge < -0.3 is 19.3 Å². The minimum Gasteiger partial charge on any atom is -0.508 e. The number of hydrogen-bond donors (Lipinski definition) is 1. The highest BCUT2D eigenvalue weighted by atomic mass is 16.5. The molecule has 1 heterocycles. The number of azo groups is 1. The Morgan fingerprint density at radius 1 is 0.733 bits per heavy atom. The molecule has 0 saturated carbocycles. The van der Waals surface area contributed by atoms with Crippen molar-refractivity contribution < 1.29 is 19.3 Å². The molecule has 150 valence electrons. The second-order valence-electron chi connectivity index (χ2n) is 6.35. The van der Waals surface area contributed by atoms with Crippen LogP contribution in [0.3, 0.4) is 0 Å². The molecule has 0 amide bonds. The summed E-state index contributed by atoms with van der Waals surface area (Å²) in [6.07, 6.45) is 1.68. The van der Waals surface area contributed by atoms with E-state index in [1.54, 1.807) is 50.7 Å². The summed E-state index contributed by atoms with van der Waals surface area (Å²) in [4.78, 5) is 4.38. The van der Waals surface area contributed by atoms with E-state index in [0.29, 0.717) is 34.4 Å². The molecule has 4 aromatic rings. The molecule has 0 radical (unpaired) electrons. The first-order chi connectivity index (χ1) is 14.7. The molecular formula is C23H19N3O4. The van der Waals surface area contributed by atoms with Gasteiger partial charge in [-0.25, -0.2) is 0 Å². The van der Waals surface area contributed by atoms with Crippen LogP contribution in [0.1, 0.15) is 0 Å². The number of pyridine rings is 1. The van der Waals surface area contributed by atoms with Crippen molar-refractivity contribution in [2.24, 2.45) is 10.2 Å². The first-order valence-electron chi connectivity index (χ1n) is 9.16. The second-order valence-corrected chi connectivity index (χ2v) is 6.35. The van der Waals surface area contributed by atoms with Crippen LogP contribution in [0, 0.1) is 0 Å². The van der Waals surface area contributed by atoms with Gasteiger partial charge in [-0.2, -0.15) is 10.2 Å². The van der Waals surface area contributed by atoms with Crippen LogP contribution in [0.2, 0.25) is 0 Å². The topological polar surface area (TPSA) is 85.5 Å². The molecule has 4 rings (SSSR count). The Bertz CT molecular complexity index is 1190. The van der Waals surface area contributed by atoms with Gasteiger partial charge in [-0.3, -0.25) is 4.98 Å². The van der Waals surface area contributed by atoms with Crippen LogP contribution in [0.4, 0.5) is 11.4 Å². The molecule has 0 saturated heterocycles. The zero-order chi connectivity index (χ0) is 20.9. The van der Waals surface area contributed by atoms with Gasteiger partial charge in [-0.05, 0) is 60.7 Å². The Balaban J connectivity index is 1.56. The summed E-state index contributed by atoms with van der Waals surface area (Å²) in [5.74, 6) is 2.71. The molecule has 0 aliphatic carbocycles. The Kier molecular flexibility index (Phi) is 5.43. The predicted molar refractivity (Wildman–Crippen MR) is 114 cm³/mol. The predicted octanol–water partition coefficient (Wildman–Crippen LogP) is 6.17. The molecule has 0 spiro atoms. The molecule has 1 aromatic heterocycles. The molecule has 7 heteroatoms. The highest BCUT2D eigenvalue weighted by Gasteiger charge is 2.11. The minimum absolute atomic E-state index is 0.190. The maximum absolute atomic E-state index is 9.31. The van der Waals surface area contributed by atoms with E-state index >= 15 is 0 Å². The summed E-state index contributed by atoms with van der Waals surface area (Å²) in [6.45, 7) is 0. The van der Waals surface area contributed by atoms with Gasteiger partial charge in [0.25, 0.3) is 0 Å². The largest absolute Gasteiger partial charge is 0.508 e. The van der Waals surface area contributed by atoms with Crippen molar-refractivity contribution in [3.8, 4) is 28.7 Å². The first-order valence-corrected chi connectivity index (χ1v) is 9.16. The van der Waals surface area contributed by atoms with Crippen LogP contribution in [0.15, 0.2) is 83.2 Å². The smallest absolute Gasteiger partial charge is 0.162 e. The van der Waals surface area contributed by atoms with E-state index < -0.39 is 0 Å². The lowest BCUT2D eigenvalue weighted by Gasteiger charge is -2.12. The van der Waals surface area contributed by atoms with E-state index in [1.165, 1.54) is 0 Å². The van der Waals surface area contributed by atoms with Crippen molar-refractivity contribution >= 4 is 22.3 Å². The maximum Gasteiger partial charge on any atom is 0.162 e. The minimum atomic E-state index is 0.190. The number of rotatable bonds is 6. The van der Waals surface area contributed by atoms with Crippen LogP contribution in [-0.4, -0.2) is 24.3 Å². The van der Waals surface area contributed by atoms with Crippen molar-refractivity contribution in [2.45, 2.75) is 0 Å². The molecule has 30 heavy (non-hydrogen) atoms. The third-order valence-corrected chi connectivity index (χ3v) is 4.40. The van der Waals surface area contributed by atoms with Crippen LogP contribution < -0.4 is 14.2 Å². The highest BCUT2D eigenvalue weighted by Crippen LogP contribution is 2.37. The fraction of sp³-hybridized carbons (Fsp3) is 0.0870. The second kappa shape index (κ2) is 8.48. The first kappa shape index (κ1) is 19.2. The van der Waals surface area contributed by atoms with Gasteiger partial charge in [-0.15, -0.1) is 0 Å². The SMILES string of the molecule is COc1cc2nccc(Oc3ccc(N=Nc4ccc(O)cc4)cc3)c2cc1OC. The Morgan fingerprint density at radius 3 is 1.97 bits per heavy atom. The van der Waals surface area contributed by atoms with Gasteiger partial charge in [0.2, 0.25) is 0 Å². The molecule has 7 nitrogen and oxygen atoms in total. The number of fused-ring (bicyclic) bond motifs is 1. The molecule has 1 N–H and O–H groups in total. The van der Waals surface area contributed by atoms with Crippen LogP contribution in [-0.2, 0) is 0 Å². The monoisotopic (exact) mass is 401 g/mol. The number of nitrogens with zero attached hydrogens (tertiary/aromatic N) is 3. The van der Waals surface area contributed by atoms with Gasteiger partial charge in [0.15, 0.2) is 11.5 Å². The van der Waals surface area contributed by atoms with E-state index in [1.807, 2.05) is 36.4 Å². The van der Waals surface area contributed by atoms with Crippen LogP contribution in [0.5, 0.6) is 28.7 Å². The molecule has 0 aliphatic rings. The molecule has 0 atom stereocenters. The van der Waals surface area contributed by atoms with Gasteiger partial charge in [0.1, 0.15) is 17.2 Å². The number of aromatic nitrogens is 1. The highest BCUT2D eigenvalue weighted by molar-refractivity contribution is 5.88. The van der Waals surface area contributed by atoms with Gasteiger partial charge in [0, 0.05) is 17.6 Å². The lowest BCUT2D eigenvalue weighted by molar-refractivity contribution is 0.355. The van der Waals surface area contributed by atoms with Gasteiger partial charge in [0.05, 0.1) is 31.1 Å². The molecule has 0 unspecified atom stereocenters. The van der Waals surface area contributed by atoms with E-state index in [4.69, 9.17) is 14.2 Å². The van der Waals surface area contributed by atoms with Gasteiger partial charge in [-0.1, -0.05) is 0 Å². The fourth-order valence-electron chi connectivity index (χ4n) is 2.88. The van der Waals surface area contributed by atoms with Crippen molar-refractivity contribution in [1.29, 1.82) is 0 Å². The van der Waals surface area contributed by atoms with Crippen molar-refractivity contribution in [1.82, 2.24) is 4.98 Å². The number of phenols is 1. The Morgan fingerprint density at radius 2 is 1.33 bits per heavy atom. The van der Waals surface area contributed by atoms with Crippen molar-refractivity contribution in [2.75, 3.05) is 14.2 Å². The van der Waals surface area contributed by atoms with Crippen LogP contribution in [0.25, 0.3) is 10.9 Å². The molecule has 0 aliphatic heterocycles. The zero-order valence-electron chi connectivity index (χ0n) is 16.4. The third-order valence-electron chi connectivity index (χ3n) is 4.40. The van der Waals surface area contributed by atoms with Crippen molar-refractivity contribution in [3.05, 3.63) is 72.9 Å². The number of ether oxygens (including phenoxy) is 3. The Labute approximate surface area is 173 Å². The quantitative estimate of drug-likeness (QED) is 0.391.